The van der Waals surface area contributed by atoms with Crippen LogP contribution in [0.15, 0.2) is 58.3 Å². The number of ether oxygens (including phenoxy) is 1. The third-order valence-electron chi connectivity index (χ3n) is 4.80. The fourth-order valence-electron chi connectivity index (χ4n) is 3.03. The molecule has 6 nitrogen and oxygen atoms in total. The molecule has 0 spiro atoms. The Labute approximate surface area is 179 Å². The van der Waals surface area contributed by atoms with E-state index in [4.69, 9.17) is 16.3 Å². The zero-order valence-electron chi connectivity index (χ0n) is 16.6. The number of aromatic hydroxyl groups is 1. The van der Waals surface area contributed by atoms with Crippen LogP contribution in [0.1, 0.15) is 22.3 Å². The largest absolute Gasteiger partial charge is 0.497 e. The summed E-state index contributed by atoms with van der Waals surface area (Å²) in [7, 11) is 1.59. The number of nitriles is 1. The quantitative estimate of drug-likeness (QED) is 0.598. The van der Waals surface area contributed by atoms with Crippen LogP contribution in [0.5, 0.6) is 11.6 Å². The summed E-state index contributed by atoms with van der Waals surface area (Å²) >= 11 is 5.89. The van der Waals surface area contributed by atoms with Gasteiger partial charge in [-0.3, -0.25) is 14.4 Å². The first-order valence-electron chi connectivity index (χ1n) is 9.23. The summed E-state index contributed by atoms with van der Waals surface area (Å²) < 4.78 is 6.35. The highest BCUT2D eigenvalue weighted by molar-refractivity contribution is 6.30. The predicted molar refractivity (Wildman–Crippen MR) is 117 cm³/mol. The summed E-state index contributed by atoms with van der Waals surface area (Å²) in [6.07, 6.45) is 1.96. The lowest BCUT2D eigenvalue weighted by Gasteiger charge is -2.14. The monoisotopic (exact) mass is 421 g/mol. The Morgan fingerprint density at radius 3 is 2.47 bits per heavy atom. The van der Waals surface area contributed by atoms with Crippen molar-refractivity contribution in [2.75, 3.05) is 7.11 Å². The smallest absolute Gasteiger partial charge is 0.271 e. The Hall–Kier alpha value is -3.56. The lowest BCUT2D eigenvalue weighted by molar-refractivity contribution is 0.404. The maximum atomic E-state index is 12.7. The number of aromatic nitrogens is 1. The molecule has 1 heterocycles. The van der Waals surface area contributed by atoms with E-state index in [1.165, 1.54) is 10.8 Å². The minimum atomic E-state index is -0.523. The van der Waals surface area contributed by atoms with Crippen LogP contribution in [-0.2, 0) is 13.0 Å². The highest BCUT2D eigenvalue weighted by Gasteiger charge is 2.18. The van der Waals surface area contributed by atoms with Crippen LogP contribution in [-0.4, -0.2) is 23.0 Å². The van der Waals surface area contributed by atoms with Gasteiger partial charge in [-0.2, -0.15) is 5.26 Å². The van der Waals surface area contributed by atoms with Crippen LogP contribution in [0, 0.1) is 18.3 Å². The molecule has 0 aliphatic carbocycles. The van der Waals surface area contributed by atoms with Gasteiger partial charge in [-0.1, -0.05) is 23.7 Å². The van der Waals surface area contributed by atoms with Crippen molar-refractivity contribution in [1.29, 1.82) is 5.26 Å². The van der Waals surface area contributed by atoms with Crippen LogP contribution in [0.2, 0.25) is 5.02 Å². The van der Waals surface area contributed by atoms with E-state index in [-0.39, 0.29) is 18.0 Å². The first-order chi connectivity index (χ1) is 14.4. The zero-order chi connectivity index (χ0) is 21.7. The third kappa shape index (κ3) is 4.53. The number of halogens is 1. The van der Waals surface area contributed by atoms with Crippen molar-refractivity contribution in [2.24, 2.45) is 4.99 Å². The second-order valence-electron chi connectivity index (χ2n) is 6.64. The van der Waals surface area contributed by atoms with Crippen molar-refractivity contribution < 1.29 is 9.84 Å². The molecule has 3 rings (SSSR count). The summed E-state index contributed by atoms with van der Waals surface area (Å²) in [6, 6.07) is 16.3. The average Bonchev–Trinajstić information content (AvgIpc) is 2.75. The van der Waals surface area contributed by atoms with Gasteiger partial charge >= 0.3 is 0 Å². The Kier molecular flexibility index (Phi) is 6.55. The highest BCUT2D eigenvalue weighted by atomic mass is 35.5. The SMILES string of the molecule is COc1ccc(CCn2c(O)c(C=Nc3ccc(Cl)cc3)c(C)c(C#N)c2=O)cc1. The number of rotatable bonds is 6. The van der Waals surface area contributed by atoms with E-state index in [9.17, 15) is 15.2 Å². The Morgan fingerprint density at radius 1 is 1.20 bits per heavy atom. The molecule has 0 atom stereocenters. The van der Waals surface area contributed by atoms with Crippen molar-refractivity contribution in [3.63, 3.8) is 0 Å². The zero-order valence-corrected chi connectivity index (χ0v) is 17.3. The summed E-state index contributed by atoms with van der Waals surface area (Å²) in [5, 5.41) is 20.8. The van der Waals surface area contributed by atoms with Gasteiger partial charge in [0.05, 0.1) is 18.4 Å². The van der Waals surface area contributed by atoms with E-state index >= 15 is 0 Å². The number of hydrogen-bond acceptors (Lipinski definition) is 5. The van der Waals surface area contributed by atoms with Crippen LogP contribution in [0.25, 0.3) is 0 Å². The van der Waals surface area contributed by atoms with Gasteiger partial charge in [0.15, 0.2) is 0 Å². The minimum Gasteiger partial charge on any atom is -0.497 e. The summed E-state index contributed by atoms with van der Waals surface area (Å²) in [6.45, 7) is 1.84. The number of benzene rings is 2. The number of aryl methyl sites for hydroxylation is 1. The van der Waals surface area contributed by atoms with Gasteiger partial charge in [0.1, 0.15) is 17.4 Å². The molecule has 1 N–H and O–H groups in total. The highest BCUT2D eigenvalue weighted by Crippen LogP contribution is 2.22. The number of methoxy groups -OCH3 is 1. The van der Waals surface area contributed by atoms with E-state index in [0.717, 1.165) is 11.3 Å². The van der Waals surface area contributed by atoms with Crippen molar-refractivity contribution in [3.8, 4) is 17.7 Å². The van der Waals surface area contributed by atoms with Gasteiger partial charge in [-0.15, -0.1) is 0 Å². The van der Waals surface area contributed by atoms with Gasteiger partial charge in [0.25, 0.3) is 5.56 Å². The normalized spacial score (nSPS) is 10.9. The first-order valence-corrected chi connectivity index (χ1v) is 9.61. The molecule has 30 heavy (non-hydrogen) atoms. The molecule has 0 saturated carbocycles. The summed E-state index contributed by atoms with van der Waals surface area (Å²) in [5.41, 5.74) is 1.78. The van der Waals surface area contributed by atoms with Crippen LogP contribution < -0.4 is 10.3 Å². The average molecular weight is 422 g/mol. The Bertz CT molecular complexity index is 1170. The van der Waals surface area contributed by atoms with Crippen molar-refractivity contribution in [2.45, 2.75) is 19.9 Å². The molecule has 0 fully saturated rings. The van der Waals surface area contributed by atoms with Gasteiger partial charge in [0.2, 0.25) is 5.88 Å². The van der Waals surface area contributed by atoms with Crippen LogP contribution in [0.4, 0.5) is 5.69 Å². The molecular formula is C23H20ClN3O3. The summed E-state index contributed by atoms with van der Waals surface area (Å²) in [5.74, 6) is 0.518. The van der Waals surface area contributed by atoms with Gasteiger partial charge < -0.3 is 9.84 Å². The minimum absolute atomic E-state index is 0.0138. The molecule has 3 aromatic rings. The molecule has 1 aromatic heterocycles. The molecular weight excluding hydrogens is 402 g/mol. The number of hydrogen-bond donors (Lipinski definition) is 1. The third-order valence-corrected chi connectivity index (χ3v) is 5.05. The molecule has 0 bridgehead atoms. The molecule has 0 aliphatic heterocycles. The second kappa shape index (κ2) is 9.29. The molecule has 2 aromatic carbocycles. The van der Waals surface area contributed by atoms with E-state index in [1.54, 1.807) is 38.3 Å². The molecule has 0 radical (unpaired) electrons. The Morgan fingerprint density at radius 2 is 1.87 bits per heavy atom. The number of pyridine rings is 1. The van der Waals surface area contributed by atoms with Gasteiger partial charge in [-0.25, -0.2) is 0 Å². The maximum Gasteiger partial charge on any atom is 0.271 e. The molecule has 0 amide bonds. The van der Waals surface area contributed by atoms with Gasteiger partial charge in [-0.05, 0) is 60.9 Å². The lowest BCUT2D eigenvalue weighted by Crippen LogP contribution is -2.26. The fourth-order valence-corrected chi connectivity index (χ4v) is 3.16. The summed E-state index contributed by atoms with van der Waals surface area (Å²) in [4.78, 5) is 17.1. The van der Waals surface area contributed by atoms with Crippen molar-refractivity contribution in [3.05, 3.63) is 86.2 Å². The topological polar surface area (TPSA) is 87.6 Å². The molecule has 0 aliphatic rings. The second-order valence-corrected chi connectivity index (χ2v) is 7.08. The number of aliphatic imine (C=N–C) groups is 1. The van der Waals surface area contributed by atoms with Crippen LogP contribution in [0.3, 0.4) is 0 Å². The van der Waals surface area contributed by atoms with Crippen molar-refractivity contribution >= 4 is 23.5 Å². The predicted octanol–water partition coefficient (Wildman–Crippen LogP) is 4.39. The number of nitrogens with zero attached hydrogens (tertiary/aromatic N) is 3. The van der Waals surface area contributed by atoms with E-state index in [1.807, 2.05) is 30.3 Å². The molecule has 0 unspecified atom stereocenters. The fraction of sp³-hybridized carbons (Fsp3) is 0.174. The van der Waals surface area contributed by atoms with E-state index < -0.39 is 5.56 Å². The maximum absolute atomic E-state index is 12.7. The van der Waals surface area contributed by atoms with E-state index in [2.05, 4.69) is 4.99 Å². The first kappa shape index (κ1) is 21.2. The molecule has 0 saturated heterocycles. The van der Waals surface area contributed by atoms with Crippen molar-refractivity contribution in [1.82, 2.24) is 4.57 Å². The van der Waals surface area contributed by atoms with Crippen LogP contribution >= 0.6 is 11.6 Å². The van der Waals surface area contributed by atoms with E-state index in [0.29, 0.717) is 28.3 Å². The lowest BCUT2D eigenvalue weighted by atomic mass is 10.1. The molecule has 152 valence electrons. The standard InChI is InChI=1S/C23H20ClN3O3/c1-15-20(13-25)22(28)27(12-11-16-3-9-19(30-2)10-4-16)23(29)21(15)14-26-18-7-5-17(24)6-8-18/h3-10,14,29H,11-12H2,1-2H3. The Balaban J connectivity index is 1.96. The van der Waals surface area contributed by atoms with Gasteiger partial charge in [0, 0.05) is 17.8 Å². The molecule has 7 heteroatoms.